The normalized spacial score (nSPS) is 19.6. The van der Waals surface area contributed by atoms with Crippen LogP contribution in [0.5, 0.6) is 0 Å². The van der Waals surface area contributed by atoms with Gasteiger partial charge < -0.3 is 20.2 Å². The Morgan fingerprint density at radius 2 is 2.09 bits per heavy atom. The molecule has 1 saturated heterocycles. The molecule has 3 unspecified atom stereocenters. The molecule has 1 aromatic heterocycles. The largest absolute Gasteiger partial charge is 0.444 e. The Hall–Kier alpha value is -2.53. The van der Waals surface area contributed by atoms with Crippen molar-refractivity contribution in [1.82, 2.24) is 14.6 Å². The fraction of sp³-hybridized carbons (Fsp3) is 0.429. The molecule has 1 aromatic rings. The SMILES string of the molecule is CON=C(C(=O)NC1C(=O)N(S(=O)(=O)O)C1C(Cl)OC(C)=O)c1csc(NC(=O)CCl)n1. The Morgan fingerprint density at radius 3 is 2.62 bits per heavy atom. The van der Waals surface area contributed by atoms with Crippen LogP contribution in [0.25, 0.3) is 0 Å². The second-order valence-corrected chi connectivity index (χ2v) is 8.70. The molecule has 0 saturated carbocycles. The van der Waals surface area contributed by atoms with Gasteiger partial charge in [-0.25, -0.2) is 9.29 Å². The zero-order valence-corrected chi connectivity index (χ0v) is 19.3. The van der Waals surface area contributed by atoms with Crippen molar-refractivity contribution in [3.8, 4) is 0 Å². The number of amides is 3. The Balaban J connectivity index is 2.26. The second kappa shape index (κ2) is 10.4. The maximum Gasteiger partial charge on any atom is 0.362 e. The van der Waals surface area contributed by atoms with Crippen LogP contribution in [0.3, 0.4) is 0 Å². The minimum absolute atomic E-state index is 0.0334. The summed E-state index contributed by atoms with van der Waals surface area (Å²) >= 11 is 12.2. The number of nitrogens with zero attached hydrogens (tertiary/aromatic N) is 3. The quantitative estimate of drug-likeness (QED) is 0.0914. The summed E-state index contributed by atoms with van der Waals surface area (Å²) in [5.74, 6) is -4.06. The Bertz CT molecular complexity index is 1060. The number of aromatic nitrogens is 1. The zero-order valence-electron chi connectivity index (χ0n) is 16.1. The molecule has 176 valence electrons. The summed E-state index contributed by atoms with van der Waals surface area (Å²) in [6, 6.07) is -3.26. The van der Waals surface area contributed by atoms with E-state index in [0.717, 1.165) is 25.4 Å². The minimum atomic E-state index is -5.07. The van der Waals surface area contributed by atoms with Crippen molar-refractivity contribution < 1.29 is 41.7 Å². The van der Waals surface area contributed by atoms with Crippen LogP contribution in [0.4, 0.5) is 5.13 Å². The number of rotatable bonds is 9. The highest BCUT2D eigenvalue weighted by Gasteiger charge is 2.58. The van der Waals surface area contributed by atoms with Crippen molar-refractivity contribution in [2.75, 3.05) is 18.3 Å². The first-order valence-corrected chi connectivity index (χ1v) is 11.5. The van der Waals surface area contributed by atoms with E-state index in [1.165, 1.54) is 5.38 Å². The number of carbonyl (C=O) groups is 4. The van der Waals surface area contributed by atoms with Crippen molar-refractivity contribution in [3.05, 3.63) is 11.1 Å². The van der Waals surface area contributed by atoms with Crippen LogP contribution >= 0.6 is 34.5 Å². The van der Waals surface area contributed by atoms with Crippen molar-refractivity contribution in [3.63, 3.8) is 0 Å². The molecule has 0 radical (unpaired) electrons. The predicted molar refractivity (Wildman–Crippen MR) is 111 cm³/mol. The van der Waals surface area contributed by atoms with E-state index in [9.17, 15) is 32.1 Å². The fourth-order valence-corrected chi connectivity index (χ4v) is 4.59. The molecule has 14 nitrogen and oxygen atoms in total. The number of nitrogens with one attached hydrogen (secondary N) is 2. The number of halogens is 2. The van der Waals surface area contributed by atoms with Gasteiger partial charge in [0, 0.05) is 12.3 Å². The van der Waals surface area contributed by atoms with E-state index in [-0.39, 0.29) is 21.0 Å². The maximum atomic E-state index is 12.7. The third kappa shape index (κ3) is 5.83. The van der Waals surface area contributed by atoms with E-state index < -0.39 is 57.4 Å². The highest BCUT2D eigenvalue weighted by Crippen LogP contribution is 2.30. The average molecular weight is 532 g/mol. The molecule has 32 heavy (non-hydrogen) atoms. The molecule has 0 aliphatic carbocycles. The minimum Gasteiger partial charge on any atom is -0.444 e. The molecule has 2 heterocycles. The maximum absolute atomic E-state index is 12.7. The monoisotopic (exact) mass is 531 g/mol. The topological polar surface area (TPSA) is 194 Å². The van der Waals surface area contributed by atoms with Gasteiger partial charge in [0.05, 0.1) is 0 Å². The van der Waals surface area contributed by atoms with Crippen molar-refractivity contribution in [1.29, 1.82) is 0 Å². The first-order valence-electron chi connectivity index (χ1n) is 8.26. The second-order valence-electron chi connectivity index (χ2n) is 5.86. The number of thiazole rings is 1. The lowest BCUT2D eigenvalue weighted by atomic mass is 9.99. The van der Waals surface area contributed by atoms with Gasteiger partial charge in [-0.1, -0.05) is 16.8 Å². The van der Waals surface area contributed by atoms with Gasteiger partial charge in [0.25, 0.3) is 11.8 Å². The number of anilines is 1. The van der Waals surface area contributed by atoms with E-state index in [4.69, 9.17) is 23.2 Å². The molecule has 2 rings (SSSR count). The number of oxime groups is 1. The lowest BCUT2D eigenvalue weighted by molar-refractivity contribution is -0.157. The smallest absolute Gasteiger partial charge is 0.362 e. The molecule has 3 amide bonds. The number of alkyl halides is 2. The van der Waals surface area contributed by atoms with Crippen LogP contribution in [0.1, 0.15) is 12.6 Å². The van der Waals surface area contributed by atoms with Gasteiger partial charge >= 0.3 is 16.3 Å². The summed E-state index contributed by atoms with van der Waals surface area (Å²) in [6.45, 7) is 0.980. The highest BCUT2D eigenvalue weighted by molar-refractivity contribution is 7.84. The highest BCUT2D eigenvalue weighted by atomic mass is 35.5. The summed E-state index contributed by atoms with van der Waals surface area (Å²) < 4.78 is 36.9. The number of ether oxygens (including phenoxy) is 1. The molecule has 3 N–H and O–H groups in total. The lowest BCUT2D eigenvalue weighted by Gasteiger charge is -2.45. The Labute approximate surface area is 194 Å². The number of β-lactam (4-membered cyclic amide) rings is 1. The Morgan fingerprint density at radius 1 is 1.44 bits per heavy atom. The van der Waals surface area contributed by atoms with Gasteiger partial charge in [-0.3, -0.25) is 23.7 Å². The molecule has 1 fully saturated rings. The molecule has 0 spiro atoms. The van der Waals surface area contributed by atoms with Crippen LogP contribution in [-0.2, 0) is 39.1 Å². The molecule has 0 aromatic carbocycles. The van der Waals surface area contributed by atoms with E-state index in [2.05, 4.69) is 30.3 Å². The molecular weight excluding hydrogens is 517 g/mol. The number of carbonyl (C=O) groups excluding carboxylic acids is 4. The number of esters is 1. The predicted octanol–water partition coefficient (Wildman–Crippen LogP) is -0.703. The standard InChI is InChI=1S/C14H15Cl2N5O9S2/c1-5(22)30-11(16)10-9(13(25)21(10)32(26,27)28)19-12(24)8(20-29-2)6-4-31-14(17-6)18-7(23)3-15/h4,9-11H,3H2,1-2H3,(H,19,24)(H,17,18,23)(H,26,27,28). The van der Waals surface area contributed by atoms with Gasteiger partial charge in [-0.05, 0) is 0 Å². The first kappa shape index (κ1) is 25.7. The van der Waals surface area contributed by atoms with Crippen LogP contribution < -0.4 is 10.6 Å². The van der Waals surface area contributed by atoms with E-state index in [1.807, 2.05) is 0 Å². The zero-order chi connectivity index (χ0) is 24.2. The Kier molecular flexibility index (Phi) is 8.35. The third-order valence-electron chi connectivity index (χ3n) is 3.69. The fourth-order valence-electron chi connectivity index (χ4n) is 2.48. The summed E-state index contributed by atoms with van der Waals surface area (Å²) in [5.41, 5.74) is -2.22. The van der Waals surface area contributed by atoms with Gasteiger partial charge in [0.2, 0.25) is 5.91 Å². The van der Waals surface area contributed by atoms with Crippen molar-refractivity contribution >= 4 is 79.4 Å². The summed E-state index contributed by atoms with van der Waals surface area (Å²) in [4.78, 5) is 56.1. The molecule has 18 heteroatoms. The molecular formula is C14H15Cl2N5O9S2. The van der Waals surface area contributed by atoms with E-state index >= 15 is 0 Å². The van der Waals surface area contributed by atoms with Crippen molar-refractivity contribution in [2.45, 2.75) is 24.6 Å². The van der Waals surface area contributed by atoms with Gasteiger partial charge in [0.15, 0.2) is 16.4 Å². The van der Waals surface area contributed by atoms with Crippen LogP contribution in [0, 0.1) is 0 Å². The van der Waals surface area contributed by atoms with Gasteiger partial charge in [-0.15, -0.1) is 22.9 Å². The first-order chi connectivity index (χ1) is 14.9. The third-order valence-corrected chi connectivity index (χ3v) is 5.96. The lowest BCUT2D eigenvalue weighted by Crippen LogP contribution is -2.75. The average Bonchev–Trinajstić information content (AvgIpc) is 3.13. The van der Waals surface area contributed by atoms with E-state index in [0.29, 0.717) is 0 Å². The molecule has 1 aliphatic heterocycles. The van der Waals surface area contributed by atoms with Gasteiger partial charge in [0.1, 0.15) is 30.8 Å². The van der Waals surface area contributed by atoms with Crippen LogP contribution in [-0.4, -0.2) is 82.3 Å². The van der Waals surface area contributed by atoms with Gasteiger partial charge in [-0.2, -0.15) is 8.42 Å². The van der Waals surface area contributed by atoms with Crippen molar-refractivity contribution in [2.24, 2.45) is 5.16 Å². The summed E-state index contributed by atoms with van der Waals surface area (Å²) in [6.07, 6.45) is 0. The molecule has 3 atom stereocenters. The summed E-state index contributed by atoms with van der Waals surface area (Å²) in [7, 11) is -3.94. The summed E-state index contributed by atoms with van der Waals surface area (Å²) in [5, 5.41) is 9.51. The molecule has 1 aliphatic rings. The molecule has 0 bridgehead atoms. The van der Waals surface area contributed by atoms with E-state index in [1.54, 1.807) is 0 Å². The number of hydrogen-bond donors (Lipinski definition) is 3. The van der Waals surface area contributed by atoms with Crippen LogP contribution in [0.2, 0.25) is 0 Å². The number of hydrogen-bond acceptors (Lipinski definition) is 11. The van der Waals surface area contributed by atoms with Crippen LogP contribution in [0.15, 0.2) is 10.5 Å².